The van der Waals surface area contributed by atoms with Gasteiger partial charge in [-0.15, -0.1) is 0 Å². The van der Waals surface area contributed by atoms with Crippen molar-refractivity contribution in [2.75, 3.05) is 26.2 Å². The molecule has 2 atom stereocenters. The van der Waals surface area contributed by atoms with Crippen molar-refractivity contribution >= 4 is 29.1 Å². The van der Waals surface area contributed by atoms with E-state index in [-0.39, 0.29) is 74.7 Å². The lowest BCUT2D eigenvalue weighted by Gasteiger charge is -2.51. The molecule has 3 aromatic rings. The summed E-state index contributed by atoms with van der Waals surface area (Å²) >= 11 is 0.278. The zero-order valence-corrected chi connectivity index (χ0v) is 31.9. The number of piperidine rings is 2. The topological polar surface area (TPSA) is 133 Å². The molecule has 2 amide bonds. The zero-order valence-electron chi connectivity index (χ0n) is 31.1. The number of carbonyl (C=O) groups excluding carboxylic acids is 2. The number of rotatable bonds is 13. The molecule has 6 rings (SSSR count). The number of aliphatic carboxylic acids is 1. The Kier molecular flexibility index (Phi) is 11.9. The number of aromatic nitrogens is 1. The van der Waals surface area contributed by atoms with Crippen LogP contribution in [0.1, 0.15) is 97.5 Å². The highest BCUT2D eigenvalue weighted by molar-refractivity contribution is 7.13. The van der Waals surface area contributed by atoms with Crippen molar-refractivity contribution < 1.29 is 55.3 Å². The second-order valence-corrected chi connectivity index (χ2v) is 16.0. The van der Waals surface area contributed by atoms with Gasteiger partial charge in [-0.2, -0.15) is 31.6 Å². The van der Waals surface area contributed by atoms with Crippen molar-refractivity contribution in [3.63, 3.8) is 0 Å². The Morgan fingerprint density at radius 2 is 1.70 bits per heavy atom. The van der Waals surface area contributed by atoms with Crippen molar-refractivity contribution in [2.24, 2.45) is 5.41 Å². The van der Waals surface area contributed by atoms with Gasteiger partial charge in [-0.05, 0) is 75.6 Å². The Morgan fingerprint density at radius 3 is 2.32 bits per heavy atom. The number of nitriles is 1. The molecule has 17 heteroatoms. The summed E-state index contributed by atoms with van der Waals surface area (Å²) < 4.78 is 95.9. The van der Waals surface area contributed by atoms with Crippen LogP contribution in [0.3, 0.4) is 0 Å². The second kappa shape index (κ2) is 16.2. The number of nitrogens with zero attached hydrogens (tertiary/aromatic N) is 4. The third-order valence-corrected chi connectivity index (χ3v) is 12.4. The molecule has 3 fully saturated rings. The normalized spacial score (nSPS) is 21.7. The smallest absolute Gasteiger partial charge is 0.425 e. The summed E-state index contributed by atoms with van der Waals surface area (Å²) in [6, 6.07) is 10.9. The van der Waals surface area contributed by atoms with Gasteiger partial charge in [-0.1, -0.05) is 42.9 Å². The first-order valence-corrected chi connectivity index (χ1v) is 19.7. The van der Waals surface area contributed by atoms with Gasteiger partial charge in [0.1, 0.15) is 10.6 Å². The van der Waals surface area contributed by atoms with Gasteiger partial charge < -0.3 is 24.4 Å². The molecule has 0 unspecified atom stereocenters. The van der Waals surface area contributed by atoms with E-state index in [0.29, 0.717) is 49.5 Å². The van der Waals surface area contributed by atoms with Gasteiger partial charge in [-0.25, -0.2) is 0 Å². The molecule has 1 aliphatic carbocycles. The minimum absolute atomic E-state index is 0.0127. The first-order chi connectivity index (χ1) is 27.0. The van der Waals surface area contributed by atoms with E-state index >= 15 is 4.79 Å². The molecule has 2 saturated heterocycles. The molecule has 2 aromatic heterocycles. The average molecular weight is 821 g/mol. The Morgan fingerprint density at radius 1 is 0.982 bits per heavy atom. The van der Waals surface area contributed by atoms with Crippen LogP contribution in [0.25, 0.3) is 0 Å². The van der Waals surface area contributed by atoms with E-state index in [2.05, 4.69) is 11.1 Å². The molecular weight excluding hydrogens is 779 g/mol. The third kappa shape index (κ3) is 8.42. The third-order valence-electron chi connectivity index (χ3n) is 11.4. The van der Waals surface area contributed by atoms with E-state index < -0.39 is 68.6 Å². The largest absolute Gasteiger partial charge is 0.493 e. The number of hydrogen-bond acceptors (Lipinski definition) is 8. The number of hydrogen-bond donors (Lipinski definition) is 1. The molecule has 10 nitrogen and oxygen atoms in total. The van der Waals surface area contributed by atoms with Crippen molar-refractivity contribution in [1.29, 1.82) is 5.26 Å². The van der Waals surface area contributed by atoms with Crippen LogP contribution in [0, 0.1) is 16.7 Å². The van der Waals surface area contributed by atoms with Crippen LogP contribution in [0.5, 0.6) is 10.8 Å². The number of pyridine rings is 1. The quantitative estimate of drug-likeness (QED) is 0.134. The minimum atomic E-state index is -4.90. The summed E-state index contributed by atoms with van der Waals surface area (Å²) in [6.45, 7) is 1.96. The van der Waals surface area contributed by atoms with Gasteiger partial charge in [0, 0.05) is 44.0 Å². The molecule has 1 saturated carbocycles. The second-order valence-electron chi connectivity index (χ2n) is 15.0. The number of carboxylic acids is 1. The molecule has 306 valence electrons. The van der Waals surface area contributed by atoms with Crippen LogP contribution >= 0.6 is 11.3 Å². The minimum Gasteiger partial charge on any atom is -0.493 e. The molecule has 2 aliphatic heterocycles. The van der Waals surface area contributed by atoms with E-state index in [9.17, 15) is 46.3 Å². The highest BCUT2D eigenvalue weighted by Gasteiger charge is 2.57. The van der Waals surface area contributed by atoms with Gasteiger partial charge in [-0.3, -0.25) is 19.4 Å². The Hall–Kier alpha value is -4.85. The SMILES string of the molecule is CCC[C@H]1N(C(=O)c2cnccc2C(F)(F)F)CCC[C@@]1(Oc1ccc(C(F)(F)F)s1)C(=O)N1CCC(C#N)(c2ccccc2OCCCC2(C(=O)O)CC2)CC1. The number of halogens is 6. The summed E-state index contributed by atoms with van der Waals surface area (Å²) in [5.74, 6) is -2.05. The molecule has 1 aromatic carbocycles. The Labute approximate surface area is 329 Å². The maximum atomic E-state index is 15.0. The molecule has 1 N–H and O–H groups in total. The summed E-state index contributed by atoms with van der Waals surface area (Å²) in [5.41, 5.74) is -5.14. The standard InChI is InChI=1S/C40H42F6N4O6S/c1-2-7-30-38(56-32-11-10-31(57-32)40(44,45)46,14-5-20-50(30)33(51)26-24-48-19-12-27(26)39(41,42)43)34(52)49-21-17-37(25-47,18-22-49)28-8-3-4-9-29(28)55-23-6-13-36(15-16-36)35(53)54/h3-4,8-12,19,24,30H,2,5-7,13-18,20-23H2,1H3,(H,53,54)/t30-,38+/m1/s1. The molecule has 57 heavy (non-hydrogen) atoms. The Balaban J connectivity index is 1.29. The lowest BCUT2D eigenvalue weighted by atomic mass is 9.72. The highest BCUT2D eigenvalue weighted by Crippen LogP contribution is 2.50. The number of carboxylic acid groups (broad SMARTS) is 1. The average Bonchev–Trinajstić information content (AvgIpc) is 3.84. The summed E-state index contributed by atoms with van der Waals surface area (Å²) in [5, 5.41) is 19.9. The van der Waals surface area contributed by atoms with Crippen molar-refractivity contribution in [2.45, 2.75) is 101 Å². The van der Waals surface area contributed by atoms with E-state index in [1.54, 1.807) is 31.2 Å². The molecule has 0 radical (unpaired) electrons. The van der Waals surface area contributed by atoms with Gasteiger partial charge in [0.05, 0.1) is 40.7 Å². The van der Waals surface area contributed by atoms with Gasteiger partial charge in [0.15, 0.2) is 5.06 Å². The predicted octanol–water partition coefficient (Wildman–Crippen LogP) is 8.51. The van der Waals surface area contributed by atoms with E-state index in [1.165, 1.54) is 4.90 Å². The van der Waals surface area contributed by atoms with E-state index in [0.717, 1.165) is 29.4 Å². The summed E-state index contributed by atoms with van der Waals surface area (Å²) in [4.78, 5) is 46.1. The van der Waals surface area contributed by atoms with Gasteiger partial charge >= 0.3 is 18.3 Å². The predicted molar refractivity (Wildman–Crippen MR) is 194 cm³/mol. The first-order valence-electron chi connectivity index (χ1n) is 18.8. The zero-order chi connectivity index (χ0) is 41.2. The monoisotopic (exact) mass is 820 g/mol. The van der Waals surface area contributed by atoms with Gasteiger partial charge in [0.2, 0.25) is 5.60 Å². The van der Waals surface area contributed by atoms with Crippen LogP contribution < -0.4 is 9.47 Å². The highest BCUT2D eigenvalue weighted by atomic mass is 32.1. The fourth-order valence-corrected chi connectivity index (χ4v) is 8.98. The van der Waals surface area contributed by atoms with Crippen LogP contribution in [-0.2, 0) is 27.4 Å². The maximum absolute atomic E-state index is 15.0. The number of thiophene rings is 1. The lowest BCUT2D eigenvalue weighted by molar-refractivity contribution is -0.160. The summed E-state index contributed by atoms with van der Waals surface area (Å²) in [6.07, 6.45) is -4.94. The Bertz CT molecular complexity index is 2000. The summed E-state index contributed by atoms with van der Waals surface area (Å²) in [7, 11) is 0. The van der Waals surface area contributed by atoms with Crippen molar-refractivity contribution in [1.82, 2.24) is 14.8 Å². The van der Waals surface area contributed by atoms with E-state index in [1.807, 2.05) is 0 Å². The van der Waals surface area contributed by atoms with Crippen LogP contribution in [0.4, 0.5) is 26.3 Å². The molecule has 0 bridgehead atoms. The fraction of sp³-hybridized carbons (Fsp3) is 0.525. The van der Waals surface area contributed by atoms with Crippen LogP contribution in [-0.4, -0.2) is 75.6 Å². The molecule has 3 aliphatic rings. The number of amides is 2. The molecule has 0 spiro atoms. The number of alkyl halides is 6. The number of likely N-dealkylation sites (tertiary alicyclic amines) is 2. The van der Waals surface area contributed by atoms with Crippen molar-refractivity contribution in [3.05, 3.63) is 76.4 Å². The number of benzene rings is 1. The number of carbonyl (C=O) groups is 3. The van der Waals surface area contributed by atoms with Crippen molar-refractivity contribution in [3.8, 4) is 16.9 Å². The molecular formula is C40H42F6N4O6S. The maximum Gasteiger partial charge on any atom is 0.425 e. The number of ether oxygens (including phenoxy) is 2. The van der Waals surface area contributed by atoms with Crippen LogP contribution in [0.15, 0.2) is 54.9 Å². The first kappa shape index (κ1) is 41.8. The number of para-hydroxylation sites is 1. The van der Waals surface area contributed by atoms with Crippen LogP contribution in [0.2, 0.25) is 0 Å². The van der Waals surface area contributed by atoms with Gasteiger partial charge in [0.25, 0.3) is 11.8 Å². The fourth-order valence-electron chi connectivity index (χ4n) is 8.18. The van der Waals surface area contributed by atoms with E-state index in [4.69, 9.17) is 9.47 Å². The lowest BCUT2D eigenvalue weighted by Crippen LogP contribution is -2.68. The molecule has 4 heterocycles.